The van der Waals surface area contributed by atoms with Crippen LogP contribution in [0.15, 0.2) is 36.8 Å². The molecule has 0 N–H and O–H groups in total. The van der Waals surface area contributed by atoms with Crippen molar-refractivity contribution in [2.75, 3.05) is 0 Å². The number of aromatic nitrogens is 2. The van der Waals surface area contributed by atoms with Crippen LogP contribution in [-0.4, -0.2) is 15.3 Å². The third kappa shape index (κ3) is 1.78. The molecule has 0 aromatic carbocycles. The molecule has 3 heterocycles. The Morgan fingerprint density at radius 2 is 1.89 bits per heavy atom. The fourth-order valence-electron chi connectivity index (χ4n) is 2.65. The summed E-state index contributed by atoms with van der Waals surface area (Å²) in [5, 5.41) is 0. The lowest BCUT2D eigenvalue weighted by Crippen LogP contribution is -1.89. The largest absolute Gasteiger partial charge is 0.350 e. The highest BCUT2D eigenvalue weighted by molar-refractivity contribution is 5.77. The summed E-state index contributed by atoms with van der Waals surface area (Å²) in [6, 6.07) is 5.96. The van der Waals surface area contributed by atoms with Gasteiger partial charge in [0.1, 0.15) is 0 Å². The van der Waals surface area contributed by atoms with Gasteiger partial charge in [0.25, 0.3) is 0 Å². The van der Waals surface area contributed by atoms with Gasteiger partial charge in [0.05, 0.1) is 5.69 Å². The van der Waals surface area contributed by atoms with E-state index < -0.39 is 0 Å². The van der Waals surface area contributed by atoms with E-state index in [1.807, 2.05) is 22.7 Å². The summed E-state index contributed by atoms with van der Waals surface area (Å²) in [7, 11) is 2.06. The zero-order valence-electron chi connectivity index (χ0n) is 11.3. The van der Waals surface area contributed by atoms with E-state index in [0.717, 1.165) is 11.8 Å². The second-order valence-corrected chi connectivity index (χ2v) is 5.04. The Morgan fingerprint density at radius 3 is 2.53 bits per heavy atom. The van der Waals surface area contributed by atoms with Crippen molar-refractivity contribution in [3.8, 4) is 11.3 Å². The van der Waals surface area contributed by atoms with Crippen LogP contribution < -0.4 is 0 Å². The van der Waals surface area contributed by atoms with Crippen molar-refractivity contribution >= 4 is 11.8 Å². The first kappa shape index (κ1) is 11.8. The molecule has 0 aliphatic heterocycles. The topological polar surface area (TPSA) is 26.4 Å². The summed E-state index contributed by atoms with van der Waals surface area (Å²) < 4.78 is 4.15. The van der Waals surface area contributed by atoms with Crippen LogP contribution in [0.5, 0.6) is 0 Å². The minimum absolute atomic E-state index is 0.689. The molecular weight excluding hydrogens is 236 g/mol. The molecule has 96 valence electrons. The van der Waals surface area contributed by atoms with Gasteiger partial charge < -0.3 is 8.97 Å². The number of fused-ring (bicyclic) bond motifs is 1. The van der Waals surface area contributed by atoms with E-state index >= 15 is 0 Å². The number of carbonyl (C=O) groups is 1. The number of aldehydes is 1. The molecule has 3 aromatic rings. The molecule has 0 bridgehead atoms. The van der Waals surface area contributed by atoms with Gasteiger partial charge in [0.2, 0.25) is 0 Å². The lowest BCUT2D eigenvalue weighted by atomic mass is 10.1. The summed E-state index contributed by atoms with van der Waals surface area (Å²) in [6.07, 6.45) is 6.95. The number of pyridine rings is 1. The number of carbonyl (C=O) groups excluding carboxylic acids is 1. The molecule has 0 atom stereocenters. The molecule has 0 radical (unpaired) electrons. The maximum atomic E-state index is 10.8. The summed E-state index contributed by atoms with van der Waals surface area (Å²) in [4.78, 5) is 10.8. The van der Waals surface area contributed by atoms with Crippen LogP contribution in [0.2, 0.25) is 0 Å². The zero-order valence-corrected chi connectivity index (χ0v) is 11.3. The first-order chi connectivity index (χ1) is 9.10. The van der Waals surface area contributed by atoms with Gasteiger partial charge >= 0.3 is 0 Å². The van der Waals surface area contributed by atoms with Crippen LogP contribution in [0.25, 0.3) is 16.8 Å². The van der Waals surface area contributed by atoms with Crippen LogP contribution in [0.1, 0.15) is 21.5 Å². The van der Waals surface area contributed by atoms with Crippen molar-refractivity contribution in [3.63, 3.8) is 0 Å². The second kappa shape index (κ2) is 4.12. The van der Waals surface area contributed by atoms with Gasteiger partial charge in [-0.15, -0.1) is 0 Å². The normalized spacial score (nSPS) is 11.1. The fraction of sp³-hybridized carbons (Fsp3) is 0.188. The summed E-state index contributed by atoms with van der Waals surface area (Å²) in [5.41, 5.74) is 6.79. The summed E-state index contributed by atoms with van der Waals surface area (Å²) in [5.74, 6) is 0. The minimum Gasteiger partial charge on any atom is -0.350 e. The van der Waals surface area contributed by atoms with Crippen molar-refractivity contribution < 1.29 is 4.79 Å². The highest BCUT2D eigenvalue weighted by Gasteiger charge is 2.11. The SMILES string of the molecule is Cc1cn(C)c(-c2cc3ccc(C=O)cn3c2)c1C. The number of hydrogen-bond donors (Lipinski definition) is 0. The van der Waals surface area contributed by atoms with Crippen LogP contribution in [0, 0.1) is 13.8 Å². The third-order valence-electron chi connectivity index (χ3n) is 3.71. The molecule has 0 spiro atoms. The summed E-state index contributed by atoms with van der Waals surface area (Å²) >= 11 is 0. The van der Waals surface area contributed by atoms with E-state index in [9.17, 15) is 4.79 Å². The Hall–Kier alpha value is -2.29. The average Bonchev–Trinajstić information content (AvgIpc) is 2.90. The first-order valence-corrected chi connectivity index (χ1v) is 6.30. The van der Waals surface area contributed by atoms with Crippen LogP contribution in [-0.2, 0) is 7.05 Å². The van der Waals surface area contributed by atoms with Crippen molar-refractivity contribution in [1.82, 2.24) is 8.97 Å². The van der Waals surface area contributed by atoms with E-state index in [2.05, 4.69) is 43.9 Å². The van der Waals surface area contributed by atoms with Gasteiger partial charge in [-0.3, -0.25) is 4.79 Å². The molecule has 3 nitrogen and oxygen atoms in total. The second-order valence-electron chi connectivity index (χ2n) is 5.04. The molecule has 0 saturated heterocycles. The Morgan fingerprint density at radius 1 is 1.11 bits per heavy atom. The van der Waals surface area contributed by atoms with Gasteiger partial charge in [-0.2, -0.15) is 0 Å². The highest BCUT2D eigenvalue weighted by Crippen LogP contribution is 2.28. The van der Waals surface area contributed by atoms with Crippen LogP contribution in [0.4, 0.5) is 0 Å². The number of hydrogen-bond acceptors (Lipinski definition) is 1. The molecule has 0 unspecified atom stereocenters. The van der Waals surface area contributed by atoms with Crippen LogP contribution in [0.3, 0.4) is 0 Å². The molecule has 0 saturated carbocycles. The standard InChI is InChI=1S/C16H16N2O/c1-11-7-17(3)16(12(11)2)14-6-15-5-4-13(10-19)8-18(15)9-14/h4-10H,1-3H3. The monoisotopic (exact) mass is 252 g/mol. The quantitative estimate of drug-likeness (QED) is 0.642. The van der Waals surface area contributed by atoms with E-state index in [1.54, 1.807) is 0 Å². The van der Waals surface area contributed by atoms with Crippen molar-refractivity contribution in [2.45, 2.75) is 13.8 Å². The molecule has 19 heavy (non-hydrogen) atoms. The molecule has 3 aromatic heterocycles. The summed E-state index contributed by atoms with van der Waals surface area (Å²) in [6.45, 7) is 4.27. The van der Waals surface area contributed by atoms with E-state index in [-0.39, 0.29) is 0 Å². The lowest BCUT2D eigenvalue weighted by molar-refractivity contribution is 0.112. The molecular formula is C16H16N2O. The number of nitrogens with zero attached hydrogens (tertiary/aromatic N) is 2. The van der Waals surface area contributed by atoms with E-state index in [4.69, 9.17) is 0 Å². The van der Waals surface area contributed by atoms with Gasteiger partial charge in [-0.1, -0.05) is 0 Å². The average molecular weight is 252 g/mol. The van der Waals surface area contributed by atoms with Crippen molar-refractivity contribution in [1.29, 1.82) is 0 Å². The van der Waals surface area contributed by atoms with E-state index in [1.165, 1.54) is 22.4 Å². The first-order valence-electron chi connectivity index (χ1n) is 6.30. The van der Waals surface area contributed by atoms with E-state index in [0.29, 0.717) is 5.56 Å². The molecule has 0 aliphatic rings. The van der Waals surface area contributed by atoms with Gasteiger partial charge in [-0.05, 0) is 43.2 Å². The Labute approximate surface area is 112 Å². The predicted molar refractivity (Wildman–Crippen MR) is 76.7 cm³/mol. The molecule has 0 aliphatic carbocycles. The van der Waals surface area contributed by atoms with Gasteiger partial charge in [0.15, 0.2) is 6.29 Å². The Kier molecular flexibility index (Phi) is 2.56. The fourth-order valence-corrected chi connectivity index (χ4v) is 2.65. The number of rotatable bonds is 2. The van der Waals surface area contributed by atoms with Gasteiger partial charge in [0, 0.05) is 42.3 Å². The molecule has 3 rings (SSSR count). The van der Waals surface area contributed by atoms with Crippen molar-refractivity contribution in [2.24, 2.45) is 7.05 Å². The van der Waals surface area contributed by atoms with Crippen molar-refractivity contribution in [3.05, 3.63) is 53.5 Å². The Balaban J connectivity index is 2.23. The zero-order chi connectivity index (χ0) is 13.6. The number of aryl methyl sites for hydroxylation is 2. The lowest BCUT2D eigenvalue weighted by Gasteiger charge is -2.01. The van der Waals surface area contributed by atoms with Crippen LogP contribution >= 0.6 is 0 Å². The molecule has 0 amide bonds. The maximum Gasteiger partial charge on any atom is 0.151 e. The van der Waals surface area contributed by atoms with Gasteiger partial charge in [-0.25, -0.2) is 0 Å². The molecule has 0 fully saturated rings. The highest BCUT2D eigenvalue weighted by atomic mass is 16.1. The Bertz CT molecular complexity index is 777. The predicted octanol–water partition coefficient (Wildman–Crippen LogP) is 3.37. The maximum absolute atomic E-state index is 10.8. The third-order valence-corrected chi connectivity index (χ3v) is 3.71. The minimum atomic E-state index is 0.689. The molecule has 3 heteroatoms. The smallest absolute Gasteiger partial charge is 0.151 e.